The van der Waals surface area contributed by atoms with Crippen molar-refractivity contribution >= 4 is 0 Å². The Bertz CT molecular complexity index is 708. The maximum atomic E-state index is 11.1. The zero-order chi connectivity index (χ0) is 22.6. The van der Waals surface area contributed by atoms with E-state index in [2.05, 4.69) is 53.7 Å². The first-order valence-electron chi connectivity index (χ1n) is 13.4. The van der Waals surface area contributed by atoms with Crippen LogP contribution in [0, 0.1) is 52.3 Å². The Morgan fingerprint density at radius 1 is 1.00 bits per heavy atom. The van der Waals surface area contributed by atoms with Gasteiger partial charge in [-0.05, 0) is 109 Å². The summed E-state index contributed by atoms with van der Waals surface area (Å²) in [6.45, 7) is 14.5. The fourth-order valence-electron chi connectivity index (χ4n) is 8.94. The van der Waals surface area contributed by atoms with Gasteiger partial charge in [-0.1, -0.05) is 59.8 Å². The minimum atomic E-state index is -0.357. The molecule has 0 heterocycles. The van der Waals surface area contributed by atoms with Crippen LogP contribution in [-0.2, 0) is 0 Å². The molecule has 2 N–H and O–H groups in total. The second kappa shape index (κ2) is 8.64. The molecule has 10 atom stereocenters. The minimum absolute atomic E-state index is 0.0953. The highest BCUT2D eigenvalue weighted by molar-refractivity contribution is 5.29. The van der Waals surface area contributed by atoms with Crippen molar-refractivity contribution in [1.29, 1.82) is 0 Å². The van der Waals surface area contributed by atoms with E-state index in [0.717, 1.165) is 37.0 Å². The number of allylic oxidation sites excluding steroid dienone is 2. The first-order valence-corrected chi connectivity index (χ1v) is 13.4. The van der Waals surface area contributed by atoms with Gasteiger partial charge in [0, 0.05) is 0 Å². The lowest BCUT2D eigenvalue weighted by Gasteiger charge is -2.59. The third-order valence-corrected chi connectivity index (χ3v) is 10.8. The Kier molecular flexibility index (Phi) is 6.56. The van der Waals surface area contributed by atoms with Crippen molar-refractivity contribution in [1.82, 2.24) is 0 Å². The lowest BCUT2D eigenvalue weighted by Crippen LogP contribution is -2.54. The zero-order valence-electron chi connectivity index (χ0n) is 21.0. The molecule has 0 aromatic rings. The van der Waals surface area contributed by atoms with E-state index < -0.39 is 0 Å². The van der Waals surface area contributed by atoms with Crippen molar-refractivity contribution in [3.05, 3.63) is 23.8 Å². The molecule has 2 heteroatoms. The van der Waals surface area contributed by atoms with Crippen LogP contribution in [0.25, 0.3) is 0 Å². The highest BCUT2D eigenvalue weighted by atomic mass is 16.3. The van der Waals surface area contributed by atoms with Gasteiger partial charge in [-0.25, -0.2) is 0 Å². The monoisotopic (exact) mass is 428 g/mol. The molecule has 0 bridgehead atoms. The van der Waals surface area contributed by atoms with Crippen molar-refractivity contribution in [3.63, 3.8) is 0 Å². The predicted octanol–water partition coefficient (Wildman–Crippen LogP) is 6.77. The topological polar surface area (TPSA) is 40.5 Å². The maximum Gasteiger partial charge on any atom is 0.0759 e. The molecular formula is C29H48O2. The van der Waals surface area contributed by atoms with Crippen molar-refractivity contribution in [3.8, 4) is 0 Å². The van der Waals surface area contributed by atoms with Crippen LogP contribution in [0.4, 0.5) is 0 Å². The van der Waals surface area contributed by atoms with Crippen molar-refractivity contribution < 1.29 is 10.2 Å². The second-order valence-corrected chi connectivity index (χ2v) is 12.6. The van der Waals surface area contributed by atoms with Crippen LogP contribution in [0.15, 0.2) is 23.8 Å². The summed E-state index contributed by atoms with van der Waals surface area (Å²) in [6, 6.07) is 0. The molecule has 0 aliphatic heterocycles. The predicted molar refractivity (Wildman–Crippen MR) is 130 cm³/mol. The van der Waals surface area contributed by atoms with E-state index >= 15 is 0 Å². The van der Waals surface area contributed by atoms with Crippen LogP contribution in [0.1, 0.15) is 92.9 Å². The number of aliphatic hydroxyl groups excluding tert-OH is 2. The highest BCUT2D eigenvalue weighted by Crippen LogP contribution is 2.67. The Morgan fingerprint density at radius 3 is 2.42 bits per heavy atom. The normalized spacial score (nSPS) is 46.9. The van der Waals surface area contributed by atoms with Gasteiger partial charge in [0.2, 0.25) is 0 Å². The molecule has 0 amide bonds. The van der Waals surface area contributed by atoms with Gasteiger partial charge in [-0.2, -0.15) is 0 Å². The Hall–Kier alpha value is -0.600. The summed E-state index contributed by atoms with van der Waals surface area (Å²) >= 11 is 0. The summed E-state index contributed by atoms with van der Waals surface area (Å²) in [5, 5.41) is 21.4. The summed E-state index contributed by atoms with van der Waals surface area (Å²) in [5.41, 5.74) is 1.68. The molecule has 0 spiro atoms. The van der Waals surface area contributed by atoms with Crippen LogP contribution in [0.5, 0.6) is 0 Å². The van der Waals surface area contributed by atoms with E-state index in [4.69, 9.17) is 0 Å². The molecular weight excluding hydrogens is 380 g/mol. The lowest BCUT2D eigenvalue weighted by atomic mass is 9.46. The molecule has 176 valence electrons. The quantitative estimate of drug-likeness (QED) is 0.474. The Balaban J connectivity index is 1.55. The molecule has 0 aromatic carbocycles. The third-order valence-electron chi connectivity index (χ3n) is 10.8. The summed E-state index contributed by atoms with van der Waals surface area (Å²) in [7, 11) is 0. The number of aliphatic hydroxyl groups is 2. The van der Waals surface area contributed by atoms with Crippen LogP contribution < -0.4 is 0 Å². The van der Waals surface area contributed by atoms with Gasteiger partial charge in [-0.3, -0.25) is 0 Å². The van der Waals surface area contributed by atoms with Crippen LogP contribution in [-0.4, -0.2) is 22.4 Å². The molecule has 31 heavy (non-hydrogen) atoms. The van der Waals surface area contributed by atoms with Crippen molar-refractivity contribution in [2.75, 3.05) is 0 Å². The Morgan fingerprint density at radius 2 is 1.74 bits per heavy atom. The van der Waals surface area contributed by atoms with Crippen molar-refractivity contribution in [2.24, 2.45) is 52.3 Å². The summed E-state index contributed by atoms with van der Waals surface area (Å²) in [4.78, 5) is 0. The van der Waals surface area contributed by atoms with E-state index in [-0.39, 0.29) is 17.6 Å². The lowest BCUT2D eigenvalue weighted by molar-refractivity contribution is -0.0852. The standard InChI is InChI=1S/C29H48O2/c1-7-20(18(2)3)9-8-19(4)23-10-11-24-22-17-27(31)26-16-21(30)12-14-29(26,6)25(22)13-15-28(23,24)5/h8-9,16,18-25,27,30-31H,7,10-15,17H2,1-6H3/b9-8+/t19-,20-,21+,22+,23-,24+,25+,27-,28-,29-/m1/s1. The Labute approximate surface area is 191 Å². The zero-order valence-corrected chi connectivity index (χ0v) is 21.0. The first kappa shape index (κ1) is 23.6. The molecule has 4 rings (SSSR count). The van der Waals surface area contributed by atoms with Crippen molar-refractivity contribution in [2.45, 2.75) is 105 Å². The molecule has 0 unspecified atom stereocenters. The summed E-state index contributed by atoms with van der Waals surface area (Å²) in [5.74, 6) is 4.91. The average Bonchev–Trinajstić information content (AvgIpc) is 3.07. The fourth-order valence-corrected chi connectivity index (χ4v) is 8.94. The largest absolute Gasteiger partial charge is 0.389 e. The summed E-state index contributed by atoms with van der Waals surface area (Å²) < 4.78 is 0. The van der Waals surface area contributed by atoms with E-state index in [1.807, 2.05) is 6.08 Å². The van der Waals surface area contributed by atoms with Gasteiger partial charge in [0.15, 0.2) is 0 Å². The van der Waals surface area contributed by atoms with Crippen LogP contribution in [0.2, 0.25) is 0 Å². The molecule has 0 saturated heterocycles. The molecule has 0 aromatic heterocycles. The van der Waals surface area contributed by atoms with Crippen LogP contribution >= 0.6 is 0 Å². The molecule has 2 nitrogen and oxygen atoms in total. The molecule has 4 aliphatic carbocycles. The molecule has 3 saturated carbocycles. The summed E-state index contributed by atoms with van der Waals surface area (Å²) in [6.07, 6.45) is 15.8. The number of hydrogen-bond acceptors (Lipinski definition) is 2. The smallest absolute Gasteiger partial charge is 0.0759 e. The number of fused-ring (bicyclic) bond motifs is 5. The van der Waals surface area contributed by atoms with Crippen LogP contribution in [0.3, 0.4) is 0 Å². The second-order valence-electron chi connectivity index (χ2n) is 12.6. The molecule has 4 aliphatic rings. The third kappa shape index (κ3) is 3.88. The average molecular weight is 429 g/mol. The van der Waals surface area contributed by atoms with E-state index in [1.165, 1.54) is 37.7 Å². The van der Waals surface area contributed by atoms with E-state index in [1.54, 1.807) is 0 Å². The van der Waals surface area contributed by atoms with Gasteiger partial charge in [0.25, 0.3) is 0 Å². The van der Waals surface area contributed by atoms with Gasteiger partial charge >= 0.3 is 0 Å². The van der Waals surface area contributed by atoms with E-state index in [0.29, 0.717) is 29.1 Å². The minimum Gasteiger partial charge on any atom is -0.389 e. The maximum absolute atomic E-state index is 11.1. The fraction of sp³-hybridized carbons (Fsp3) is 0.862. The SMILES string of the molecule is CC[C@H](/C=C/[C@@H](C)[C@H]1CC[C@H]2[C@@H]3C[C@@H](O)C4=C[C@@H](O)CC[C@]4(C)[C@H]3CC[C@]12C)C(C)C. The molecule has 3 fully saturated rings. The molecule has 0 radical (unpaired) electrons. The number of hydrogen-bond donors (Lipinski definition) is 2. The van der Waals surface area contributed by atoms with E-state index in [9.17, 15) is 10.2 Å². The van der Waals surface area contributed by atoms with Gasteiger partial charge in [-0.15, -0.1) is 0 Å². The highest BCUT2D eigenvalue weighted by Gasteiger charge is 2.60. The number of rotatable bonds is 5. The van der Waals surface area contributed by atoms with Gasteiger partial charge in [0.1, 0.15) is 0 Å². The first-order chi connectivity index (χ1) is 14.6. The van der Waals surface area contributed by atoms with Gasteiger partial charge < -0.3 is 10.2 Å². The van der Waals surface area contributed by atoms with Gasteiger partial charge in [0.05, 0.1) is 12.2 Å².